The summed E-state index contributed by atoms with van der Waals surface area (Å²) in [6.45, 7) is 1.85. The zero-order valence-electron chi connectivity index (χ0n) is 15.8. The van der Waals surface area contributed by atoms with Crippen molar-refractivity contribution < 1.29 is 14.3 Å². The molecule has 3 aromatic carbocycles. The van der Waals surface area contributed by atoms with Gasteiger partial charge in [0.05, 0.1) is 12.7 Å². The highest BCUT2D eigenvalue weighted by Gasteiger charge is 2.37. The van der Waals surface area contributed by atoms with E-state index in [9.17, 15) is 4.79 Å². The quantitative estimate of drug-likeness (QED) is 0.634. The molecule has 28 heavy (non-hydrogen) atoms. The van der Waals surface area contributed by atoms with Gasteiger partial charge in [-0.25, -0.2) is 0 Å². The van der Waals surface area contributed by atoms with Crippen molar-refractivity contribution in [1.82, 2.24) is 0 Å². The van der Waals surface area contributed by atoms with Crippen molar-refractivity contribution in [3.63, 3.8) is 0 Å². The van der Waals surface area contributed by atoms with Crippen LogP contribution in [0.4, 0.5) is 5.69 Å². The summed E-state index contributed by atoms with van der Waals surface area (Å²) in [7, 11) is 1.63. The first-order chi connectivity index (χ1) is 13.7. The van der Waals surface area contributed by atoms with Gasteiger partial charge < -0.3 is 9.47 Å². The Kier molecular flexibility index (Phi) is 4.85. The Morgan fingerprint density at radius 2 is 1.46 bits per heavy atom. The van der Waals surface area contributed by atoms with E-state index in [0.717, 1.165) is 22.6 Å². The van der Waals surface area contributed by atoms with Gasteiger partial charge in [-0.05, 0) is 48.9 Å². The molecule has 0 aromatic heterocycles. The molecule has 0 radical (unpaired) electrons. The normalized spacial score (nSPS) is 16.7. The van der Waals surface area contributed by atoms with Crippen LogP contribution in [-0.4, -0.2) is 13.0 Å². The van der Waals surface area contributed by atoms with Crippen LogP contribution >= 0.6 is 0 Å². The van der Waals surface area contributed by atoms with Gasteiger partial charge in [0.1, 0.15) is 11.5 Å². The highest BCUT2D eigenvalue weighted by molar-refractivity contribution is 6.27. The number of hydrogen-bond donors (Lipinski definition) is 0. The second kappa shape index (κ2) is 7.61. The lowest BCUT2D eigenvalue weighted by atomic mass is 10.00. The second-order valence-electron chi connectivity index (χ2n) is 6.55. The van der Waals surface area contributed by atoms with E-state index in [-0.39, 0.29) is 5.91 Å². The summed E-state index contributed by atoms with van der Waals surface area (Å²) in [5.41, 5.74) is 3.09. The van der Waals surface area contributed by atoms with Crippen LogP contribution in [0.3, 0.4) is 0 Å². The second-order valence-corrected chi connectivity index (χ2v) is 6.55. The number of allylic oxidation sites excluding steroid dienone is 1. The van der Waals surface area contributed by atoms with Gasteiger partial charge in [0, 0.05) is 11.3 Å². The van der Waals surface area contributed by atoms with Gasteiger partial charge in [-0.3, -0.25) is 9.69 Å². The molecule has 0 saturated carbocycles. The molecular formula is C24H21NO3. The Hall–Kier alpha value is -3.53. The SMILES string of the molecule is COc1ccc(C2OC(C)=C(c3ccccc3)C(=O)N2c2ccccc2)cc1. The largest absolute Gasteiger partial charge is 0.497 e. The summed E-state index contributed by atoms with van der Waals surface area (Å²) in [6.07, 6.45) is -0.548. The summed E-state index contributed by atoms with van der Waals surface area (Å²) in [5.74, 6) is 1.29. The highest BCUT2D eigenvalue weighted by Crippen LogP contribution is 2.39. The topological polar surface area (TPSA) is 38.8 Å². The van der Waals surface area contributed by atoms with Crippen LogP contribution in [0.15, 0.2) is 90.7 Å². The molecule has 1 amide bonds. The van der Waals surface area contributed by atoms with E-state index in [1.165, 1.54) is 0 Å². The van der Waals surface area contributed by atoms with Crippen molar-refractivity contribution in [3.05, 3.63) is 102 Å². The molecule has 4 nitrogen and oxygen atoms in total. The molecular weight excluding hydrogens is 350 g/mol. The van der Waals surface area contributed by atoms with Gasteiger partial charge in [-0.2, -0.15) is 0 Å². The Balaban J connectivity index is 1.83. The third kappa shape index (κ3) is 3.25. The van der Waals surface area contributed by atoms with Crippen molar-refractivity contribution in [2.45, 2.75) is 13.2 Å². The smallest absolute Gasteiger partial charge is 0.265 e. The standard InChI is InChI=1S/C24H21NO3/c1-17-22(18-9-5-3-6-10-18)23(26)25(20-11-7-4-8-12-20)24(28-17)19-13-15-21(27-2)16-14-19/h3-16,24H,1-2H3. The van der Waals surface area contributed by atoms with Gasteiger partial charge in [-0.15, -0.1) is 0 Å². The fraction of sp³-hybridized carbons (Fsp3) is 0.125. The van der Waals surface area contributed by atoms with E-state index >= 15 is 0 Å². The van der Waals surface area contributed by atoms with E-state index < -0.39 is 6.23 Å². The van der Waals surface area contributed by atoms with E-state index in [4.69, 9.17) is 9.47 Å². The Labute approximate surface area is 164 Å². The molecule has 1 aliphatic rings. The van der Waals surface area contributed by atoms with E-state index in [1.807, 2.05) is 91.9 Å². The van der Waals surface area contributed by atoms with Crippen molar-refractivity contribution in [1.29, 1.82) is 0 Å². The van der Waals surface area contributed by atoms with Crippen molar-refractivity contribution >= 4 is 17.2 Å². The van der Waals surface area contributed by atoms with Gasteiger partial charge in [-0.1, -0.05) is 48.5 Å². The number of benzene rings is 3. The summed E-state index contributed by atoms with van der Waals surface area (Å²) < 4.78 is 11.5. The molecule has 1 aliphatic heterocycles. The zero-order chi connectivity index (χ0) is 19.5. The molecule has 4 heteroatoms. The predicted octanol–water partition coefficient (Wildman–Crippen LogP) is 5.19. The third-order valence-electron chi connectivity index (χ3n) is 4.81. The molecule has 0 aliphatic carbocycles. The number of para-hydroxylation sites is 1. The van der Waals surface area contributed by atoms with Crippen LogP contribution in [0.25, 0.3) is 5.57 Å². The number of amides is 1. The average Bonchev–Trinajstić information content (AvgIpc) is 2.75. The molecule has 3 aromatic rings. The van der Waals surface area contributed by atoms with Gasteiger partial charge in [0.25, 0.3) is 5.91 Å². The average molecular weight is 371 g/mol. The first-order valence-electron chi connectivity index (χ1n) is 9.14. The van der Waals surface area contributed by atoms with Crippen LogP contribution in [-0.2, 0) is 9.53 Å². The minimum Gasteiger partial charge on any atom is -0.497 e. The van der Waals surface area contributed by atoms with Crippen molar-refractivity contribution in [3.8, 4) is 5.75 Å². The number of nitrogens with zero attached hydrogens (tertiary/aromatic N) is 1. The molecule has 1 heterocycles. The molecule has 1 atom stereocenters. The zero-order valence-corrected chi connectivity index (χ0v) is 15.8. The van der Waals surface area contributed by atoms with Gasteiger partial charge >= 0.3 is 0 Å². The molecule has 0 saturated heterocycles. The van der Waals surface area contributed by atoms with Crippen LogP contribution in [0, 0.1) is 0 Å². The summed E-state index contributed by atoms with van der Waals surface area (Å²) >= 11 is 0. The lowest BCUT2D eigenvalue weighted by Crippen LogP contribution is -2.40. The number of hydrogen-bond acceptors (Lipinski definition) is 3. The molecule has 0 fully saturated rings. The van der Waals surface area contributed by atoms with E-state index in [0.29, 0.717) is 11.3 Å². The first kappa shape index (κ1) is 17.9. The maximum Gasteiger partial charge on any atom is 0.265 e. The molecule has 0 spiro atoms. The Bertz CT molecular complexity index is 995. The number of ether oxygens (including phenoxy) is 2. The molecule has 140 valence electrons. The van der Waals surface area contributed by atoms with Crippen molar-refractivity contribution in [2.24, 2.45) is 0 Å². The van der Waals surface area contributed by atoms with Crippen LogP contribution in [0.1, 0.15) is 24.3 Å². The minimum absolute atomic E-state index is 0.0815. The summed E-state index contributed by atoms with van der Waals surface area (Å²) in [6, 6.07) is 26.8. The van der Waals surface area contributed by atoms with Crippen LogP contribution in [0.5, 0.6) is 5.75 Å². The molecule has 0 bridgehead atoms. The number of rotatable bonds is 4. The minimum atomic E-state index is -0.548. The first-order valence-corrected chi connectivity index (χ1v) is 9.14. The highest BCUT2D eigenvalue weighted by atomic mass is 16.5. The fourth-order valence-corrected chi connectivity index (χ4v) is 3.42. The fourth-order valence-electron chi connectivity index (χ4n) is 3.42. The molecule has 1 unspecified atom stereocenters. The van der Waals surface area contributed by atoms with E-state index in [2.05, 4.69) is 0 Å². The molecule has 0 N–H and O–H groups in total. The summed E-state index contributed by atoms with van der Waals surface area (Å²) in [4.78, 5) is 15.3. The number of anilines is 1. The van der Waals surface area contributed by atoms with Crippen LogP contribution in [0.2, 0.25) is 0 Å². The lowest BCUT2D eigenvalue weighted by molar-refractivity contribution is -0.117. The van der Waals surface area contributed by atoms with Crippen LogP contribution < -0.4 is 9.64 Å². The monoisotopic (exact) mass is 371 g/mol. The maximum absolute atomic E-state index is 13.6. The maximum atomic E-state index is 13.6. The Morgan fingerprint density at radius 3 is 2.07 bits per heavy atom. The van der Waals surface area contributed by atoms with Gasteiger partial charge in [0.15, 0.2) is 0 Å². The van der Waals surface area contributed by atoms with E-state index in [1.54, 1.807) is 12.0 Å². The number of methoxy groups -OCH3 is 1. The number of carbonyl (C=O) groups excluding carboxylic acids is 1. The lowest BCUT2D eigenvalue weighted by Gasteiger charge is -2.37. The van der Waals surface area contributed by atoms with Crippen molar-refractivity contribution in [2.75, 3.05) is 12.0 Å². The number of carbonyl (C=O) groups is 1. The van der Waals surface area contributed by atoms with Gasteiger partial charge in [0.2, 0.25) is 6.23 Å². The summed E-state index contributed by atoms with van der Waals surface area (Å²) in [5, 5.41) is 0. The Morgan fingerprint density at radius 1 is 0.857 bits per heavy atom. The predicted molar refractivity (Wildman–Crippen MR) is 110 cm³/mol. The third-order valence-corrected chi connectivity index (χ3v) is 4.81. The molecule has 4 rings (SSSR count).